The molecule has 2 aromatic rings. The molecule has 0 radical (unpaired) electrons. The predicted molar refractivity (Wildman–Crippen MR) is 94.9 cm³/mol. The Hall–Kier alpha value is -2.35. The lowest BCUT2D eigenvalue weighted by atomic mass is 10.2. The van der Waals surface area contributed by atoms with E-state index in [4.69, 9.17) is 9.47 Å². The van der Waals surface area contributed by atoms with Crippen molar-refractivity contribution in [1.82, 2.24) is 0 Å². The number of hydrogen-bond acceptors (Lipinski definition) is 4. The Balaban J connectivity index is 2.06. The fourth-order valence-electron chi connectivity index (χ4n) is 2.16. The van der Waals surface area contributed by atoms with Crippen LogP contribution in [0.25, 0.3) is 0 Å². The van der Waals surface area contributed by atoms with Crippen molar-refractivity contribution in [1.29, 1.82) is 0 Å². The maximum atomic E-state index is 12.7. The topological polar surface area (TPSA) is 47.6 Å². The van der Waals surface area contributed by atoms with Gasteiger partial charge in [-0.05, 0) is 43.3 Å². The smallest absolute Gasteiger partial charge is 0.416 e. The second-order valence-corrected chi connectivity index (χ2v) is 6.76. The SMILES string of the molecule is COc1ccc(S[C@@H](C)C(=O)Nc2cccc(C(F)(F)F)c2)cc1OC. The summed E-state index contributed by atoms with van der Waals surface area (Å²) in [6.07, 6.45) is -4.46. The number of ether oxygens (including phenoxy) is 2. The summed E-state index contributed by atoms with van der Waals surface area (Å²) >= 11 is 1.26. The first-order valence-corrected chi connectivity index (χ1v) is 8.49. The zero-order valence-corrected chi connectivity index (χ0v) is 15.2. The van der Waals surface area contributed by atoms with Crippen LogP contribution in [0.4, 0.5) is 18.9 Å². The largest absolute Gasteiger partial charge is 0.493 e. The van der Waals surface area contributed by atoms with Crippen molar-refractivity contribution in [2.75, 3.05) is 19.5 Å². The van der Waals surface area contributed by atoms with Gasteiger partial charge in [0, 0.05) is 10.6 Å². The highest BCUT2D eigenvalue weighted by atomic mass is 32.2. The third-order valence-corrected chi connectivity index (χ3v) is 4.59. The zero-order valence-electron chi connectivity index (χ0n) is 14.4. The van der Waals surface area contributed by atoms with E-state index in [1.165, 1.54) is 38.1 Å². The van der Waals surface area contributed by atoms with Gasteiger partial charge in [-0.3, -0.25) is 4.79 Å². The lowest BCUT2D eigenvalue weighted by Crippen LogP contribution is -2.22. The van der Waals surface area contributed by atoms with Gasteiger partial charge in [0.05, 0.1) is 25.0 Å². The number of carbonyl (C=O) groups excluding carboxylic acids is 1. The molecule has 26 heavy (non-hydrogen) atoms. The Morgan fingerprint density at radius 3 is 2.38 bits per heavy atom. The summed E-state index contributed by atoms with van der Waals surface area (Å²) in [7, 11) is 3.03. The number of benzene rings is 2. The lowest BCUT2D eigenvalue weighted by molar-refractivity contribution is -0.137. The quantitative estimate of drug-likeness (QED) is 0.723. The van der Waals surface area contributed by atoms with Gasteiger partial charge in [0.1, 0.15) is 0 Å². The molecule has 140 valence electrons. The number of thioether (sulfide) groups is 1. The van der Waals surface area contributed by atoms with Crippen molar-refractivity contribution in [2.24, 2.45) is 0 Å². The maximum absolute atomic E-state index is 12.7. The molecule has 1 amide bonds. The molecular formula is C18H18F3NO3S. The van der Waals surface area contributed by atoms with E-state index in [0.29, 0.717) is 11.5 Å². The molecule has 0 aliphatic rings. The maximum Gasteiger partial charge on any atom is 0.416 e. The highest BCUT2D eigenvalue weighted by molar-refractivity contribution is 8.00. The van der Waals surface area contributed by atoms with E-state index in [0.717, 1.165) is 17.0 Å². The van der Waals surface area contributed by atoms with Crippen LogP contribution in [0.1, 0.15) is 12.5 Å². The van der Waals surface area contributed by atoms with E-state index in [9.17, 15) is 18.0 Å². The van der Waals surface area contributed by atoms with Crippen LogP contribution in [0, 0.1) is 0 Å². The first-order valence-electron chi connectivity index (χ1n) is 7.61. The molecule has 0 aromatic heterocycles. The minimum absolute atomic E-state index is 0.101. The molecule has 8 heteroatoms. The van der Waals surface area contributed by atoms with Crippen LogP contribution < -0.4 is 14.8 Å². The summed E-state index contributed by atoms with van der Waals surface area (Å²) in [5.41, 5.74) is -0.708. The molecule has 0 spiro atoms. The molecule has 2 rings (SSSR count). The Kier molecular flexibility index (Phi) is 6.42. The average molecular weight is 385 g/mol. The van der Waals surface area contributed by atoms with Gasteiger partial charge in [-0.2, -0.15) is 13.2 Å². The minimum atomic E-state index is -4.46. The average Bonchev–Trinajstić information content (AvgIpc) is 2.61. The Bertz CT molecular complexity index is 781. The van der Waals surface area contributed by atoms with Gasteiger partial charge in [0.2, 0.25) is 5.91 Å². The van der Waals surface area contributed by atoms with Crippen molar-refractivity contribution in [2.45, 2.75) is 23.2 Å². The highest BCUT2D eigenvalue weighted by Gasteiger charge is 2.30. The van der Waals surface area contributed by atoms with Crippen molar-refractivity contribution >= 4 is 23.4 Å². The lowest BCUT2D eigenvalue weighted by Gasteiger charge is -2.14. The summed E-state index contributed by atoms with van der Waals surface area (Å²) < 4.78 is 48.6. The Labute approximate surface area is 153 Å². The molecule has 4 nitrogen and oxygen atoms in total. The monoisotopic (exact) mass is 385 g/mol. The molecule has 0 saturated carbocycles. The molecule has 0 unspecified atom stereocenters. The normalized spacial score (nSPS) is 12.4. The molecule has 0 fully saturated rings. The minimum Gasteiger partial charge on any atom is -0.493 e. The summed E-state index contributed by atoms with van der Waals surface area (Å²) in [6, 6.07) is 9.77. The van der Waals surface area contributed by atoms with Crippen LogP contribution in [-0.4, -0.2) is 25.4 Å². The van der Waals surface area contributed by atoms with Crippen LogP contribution in [0.3, 0.4) is 0 Å². The fourth-order valence-corrected chi connectivity index (χ4v) is 3.06. The van der Waals surface area contributed by atoms with Gasteiger partial charge < -0.3 is 14.8 Å². The van der Waals surface area contributed by atoms with E-state index in [1.54, 1.807) is 25.1 Å². The fraction of sp³-hybridized carbons (Fsp3) is 0.278. The number of nitrogens with one attached hydrogen (secondary N) is 1. The van der Waals surface area contributed by atoms with E-state index in [-0.39, 0.29) is 5.69 Å². The number of alkyl halides is 3. The number of anilines is 1. The van der Waals surface area contributed by atoms with Crippen LogP contribution in [-0.2, 0) is 11.0 Å². The molecule has 2 aromatic carbocycles. The van der Waals surface area contributed by atoms with E-state index in [2.05, 4.69) is 5.32 Å². The standard InChI is InChI=1S/C18H18F3NO3S/c1-11(26-14-7-8-15(24-2)16(10-14)25-3)17(23)22-13-6-4-5-12(9-13)18(19,20)21/h4-11H,1-3H3,(H,22,23)/t11-/m0/s1. The predicted octanol–water partition coefficient (Wildman–Crippen LogP) is 4.84. The van der Waals surface area contributed by atoms with Crippen LogP contribution >= 0.6 is 11.8 Å². The van der Waals surface area contributed by atoms with E-state index >= 15 is 0 Å². The first-order chi connectivity index (χ1) is 12.2. The summed E-state index contributed by atoms with van der Waals surface area (Å²) in [6.45, 7) is 1.67. The van der Waals surface area contributed by atoms with E-state index < -0.39 is 22.9 Å². The number of hydrogen-bond donors (Lipinski definition) is 1. The Morgan fingerprint density at radius 1 is 1.08 bits per heavy atom. The number of methoxy groups -OCH3 is 2. The molecule has 0 aliphatic heterocycles. The van der Waals surface area contributed by atoms with Gasteiger partial charge in [0.15, 0.2) is 11.5 Å². The van der Waals surface area contributed by atoms with Crippen LogP contribution in [0.5, 0.6) is 11.5 Å². The van der Waals surface area contributed by atoms with Gasteiger partial charge >= 0.3 is 6.18 Å². The Morgan fingerprint density at radius 2 is 1.77 bits per heavy atom. The van der Waals surface area contributed by atoms with Crippen molar-refractivity contribution in [3.8, 4) is 11.5 Å². The number of carbonyl (C=O) groups is 1. The van der Waals surface area contributed by atoms with Gasteiger partial charge in [-0.15, -0.1) is 11.8 Å². The van der Waals surface area contributed by atoms with Gasteiger partial charge in [0.25, 0.3) is 0 Å². The molecule has 0 bridgehead atoms. The van der Waals surface area contributed by atoms with Crippen molar-refractivity contribution in [3.05, 3.63) is 48.0 Å². The number of halogens is 3. The second-order valence-electron chi connectivity index (χ2n) is 5.34. The van der Waals surface area contributed by atoms with Crippen LogP contribution in [0.15, 0.2) is 47.4 Å². The zero-order chi connectivity index (χ0) is 19.3. The molecular weight excluding hydrogens is 367 g/mol. The summed E-state index contributed by atoms with van der Waals surface area (Å²) in [4.78, 5) is 13.1. The summed E-state index contributed by atoms with van der Waals surface area (Å²) in [5.74, 6) is 0.699. The van der Waals surface area contributed by atoms with Gasteiger partial charge in [-0.25, -0.2) is 0 Å². The number of rotatable bonds is 6. The highest BCUT2D eigenvalue weighted by Crippen LogP contribution is 2.34. The molecule has 0 heterocycles. The summed E-state index contributed by atoms with van der Waals surface area (Å²) in [5, 5.41) is 1.98. The second kappa shape index (κ2) is 8.35. The van der Waals surface area contributed by atoms with E-state index in [1.807, 2.05) is 0 Å². The third kappa shape index (κ3) is 5.08. The van der Waals surface area contributed by atoms with Crippen molar-refractivity contribution in [3.63, 3.8) is 0 Å². The number of amides is 1. The molecule has 1 atom stereocenters. The van der Waals surface area contributed by atoms with Crippen molar-refractivity contribution < 1.29 is 27.4 Å². The third-order valence-electron chi connectivity index (χ3n) is 3.49. The van der Waals surface area contributed by atoms with Gasteiger partial charge in [-0.1, -0.05) is 6.07 Å². The molecule has 0 saturated heterocycles. The molecule has 0 aliphatic carbocycles. The van der Waals surface area contributed by atoms with Crippen LogP contribution in [0.2, 0.25) is 0 Å². The molecule has 1 N–H and O–H groups in total. The first kappa shape index (κ1) is 20.0.